The predicted molar refractivity (Wildman–Crippen MR) is 89.0 cm³/mol. The zero-order chi connectivity index (χ0) is 16.4. The highest BCUT2D eigenvalue weighted by molar-refractivity contribution is 5.86. The molecule has 0 aliphatic rings. The summed E-state index contributed by atoms with van der Waals surface area (Å²) in [5.41, 5.74) is 6.51. The number of nitrogens with two attached hydrogens (primary N) is 1. The molecule has 118 valence electrons. The molecule has 5 heteroatoms. The number of ether oxygens (including phenoxy) is 1. The highest BCUT2D eigenvalue weighted by atomic mass is 16.5. The van der Waals surface area contributed by atoms with E-state index < -0.39 is 11.4 Å². The fourth-order valence-electron chi connectivity index (χ4n) is 2.38. The molecule has 23 heavy (non-hydrogen) atoms. The van der Waals surface area contributed by atoms with E-state index in [2.05, 4.69) is 5.10 Å². The van der Waals surface area contributed by atoms with Gasteiger partial charge in [-0.2, -0.15) is 5.10 Å². The SMILES string of the molecule is CC(C)(C(N)=O)n1ncc2ccc(OCc3ccccc3)cc21. The molecule has 1 heterocycles. The Morgan fingerprint density at radius 3 is 2.65 bits per heavy atom. The number of carbonyl (C=O) groups excluding carboxylic acids is 1. The van der Waals surface area contributed by atoms with Crippen molar-refractivity contribution in [1.82, 2.24) is 9.78 Å². The minimum absolute atomic E-state index is 0.432. The zero-order valence-corrected chi connectivity index (χ0v) is 13.2. The molecule has 0 saturated carbocycles. The molecular weight excluding hydrogens is 290 g/mol. The minimum atomic E-state index is -0.903. The van der Waals surface area contributed by atoms with Crippen LogP contribution in [0, 0.1) is 0 Å². The molecule has 1 aromatic heterocycles. The maximum absolute atomic E-state index is 11.7. The van der Waals surface area contributed by atoms with Gasteiger partial charge in [-0.3, -0.25) is 4.79 Å². The lowest BCUT2D eigenvalue weighted by Gasteiger charge is -2.22. The first kappa shape index (κ1) is 15.1. The molecular formula is C18H19N3O2. The highest BCUT2D eigenvalue weighted by Crippen LogP contribution is 2.26. The molecule has 0 saturated heterocycles. The van der Waals surface area contributed by atoms with Crippen molar-refractivity contribution < 1.29 is 9.53 Å². The van der Waals surface area contributed by atoms with Crippen LogP contribution in [0.2, 0.25) is 0 Å². The maximum Gasteiger partial charge on any atom is 0.244 e. The van der Waals surface area contributed by atoms with E-state index in [4.69, 9.17) is 10.5 Å². The van der Waals surface area contributed by atoms with E-state index in [0.717, 1.165) is 22.2 Å². The van der Waals surface area contributed by atoms with Gasteiger partial charge in [-0.25, -0.2) is 4.68 Å². The second-order valence-corrected chi connectivity index (χ2v) is 5.97. The molecule has 3 rings (SSSR count). The Balaban J connectivity index is 1.90. The lowest BCUT2D eigenvalue weighted by atomic mass is 10.1. The largest absolute Gasteiger partial charge is 0.489 e. The molecule has 5 nitrogen and oxygen atoms in total. The van der Waals surface area contributed by atoms with Crippen LogP contribution in [0.5, 0.6) is 5.75 Å². The van der Waals surface area contributed by atoms with Crippen LogP contribution in [-0.4, -0.2) is 15.7 Å². The summed E-state index contributed by atoms with van der Waals surface area (Å²) in [6.45, 7) is 3.98. The van der Waals surface area contributed by atoms with Gasteiger partial charge in [-0.05, 0) is 31.5 Å². The molecule has 2 aromatic carbocycles. The summed E-state index contributed by atoms with van der Waals surface area (Å²) in [5, 5.41) is 5.24. The third-order valence-corrected chi connectivity index (χ3v) is 3.92. The maximum atomic E-state index is 11.7. The van der Waals surface area contributed by atoms with Crippen molar-refractivity contribution in [3.63, 3.8) is 0 Å². The lowest BCUT2D eigenvalue weighted by Crippen LogP contribution is -2.41. The van der Waals surface area contributed by atoms with E-state index in [0.29, 0.717) is 6.61 Å². The van der Waals surface area contributed by atoms with E-state index in [-0.39, 0.29) is 0 Å². The first-order valence-corrected chi connectivity index (χ1v) is 7.43. The first-order valence-electron chi connectivity index (χ1n) is 7.43. The summed E-state index contributed by atoms with van der Waals surface area (Å²) in [7, 11) is 0. The van der Waals surface area contributed by atoms with Gasteiger partial charge in [0, 0.05) is 11.5 Å². The second-order valence-electron chi connectivity index (χ2n) is 5.97. The third-order valence-electron chi connectivity index (χ3n) is 3.92. The Morgan fingerprint density at radius 2 is 1.96 bits per heavy atom. The number of benzene rings is 2. The van der Waals surface area contributed by atoms with Crippen molar-refractivity contribution in [3.05, 3.63) is 60.3 Å². The third kappa shape index (κ3) is 2.90. The Hall–Kier alpha value is -2.82. The van der Waals surface area contributed by atoms with E-state index in [1.165, 1.54) is 0 Å². The molecule has 1 amide bonds. The van der Waals surface area contributed by atoms with Gasteiger partial charge >= 0.3 is 0 Å². The minimum Gasteiger partial charge on any atom is -0.489 e. The average molecular weight is 309 g/mol. The predicted octanol–water partition coefficient (Wildman–Crippen LogP) is 2.84. The van der Waals surface area contributed by atoms with Crippen LogP contribution in [0.25, 0.3) is 10.9 Å². The van der Waals surface area contributed by atoms with Crippen molar-refractivity contribution >= 4 is 16.8 Å². The molecule has 0 atom stereocenters. The fraction of sp³-hybridized carbons (Fsp3) is 0.222. The van der Waals surface area contributed by atoms with E-state index in [1.807, 2.05) is 48.5 Å². The zero-order valence-electron chi connectivity index (χ0n) is 13.2. The molecule has 0 unspecified atom stereocenters. The van der Waals surface area contributed by atoms with E-state index in [9.17, 15) is 4.79 Å². The first-order chi connectivity index (χ1) is 11.0. The summed E-state index contributed by atoms with van der Waals surface area (Å²) < 4.78 is 7.48. The molecule has 0 aliphatic heterocycles. The normalized spacial score (nSPS) is 11.6. The number of amides is 1. The van der Waals surface area contributed by atoms with Crippen LogP contribution >= 0.6 is 0 Å². The van der Waals surface area contributed by atoms with Gasteiger partial charge in [0.2, 0.25) is 5.91 Å². The summed E-state index contributed by atoms with van der Waals surface area (Å²) in [6.07, 6.45) is 1.72. The van der Waals surface area contributed by atoms with Crippen LogP contribution in [0.1, 0.15) is 19.4 Å². The van der Waals surface area contributed by atoms with Crippen LogP contribution in [0.3, 0.4) is 0 Å². The van der Waals surface area contributed by atoms with Crippen LogP contribution < -0.4 is 10.5 Å². The highest BCUT2D eigenvalue weighted by Gasteiger charge is 2.29. The van der Waals surface area contributed by atoms with Crippen molar-refractivity contribution in [3.8, 4) is 5.75 Å². The Labute approximate surface area is 134 Å². The van der Waals surface area contributed by atoms with Gasteiger partial charge in [0.25, 0.3) is 0 Å². The Bertz CT molecular complexity index is 838. The summed E-state index contributed by atoms with van der Waals surface area (Å²) in [6, 6.07) is 15.7. The average Bonchev–Trinajstić information content (AvgIpc) is 2.97. The van der Waals surface area contributed by atoms with Crippen molar-refractivity contribution in [2.24, 2.45) is 5.73 Å². The Kier molecular flexibility index (Phi) is 3.78. The van der Waals surface area contributed by atoms with Crippen LogP contribution in [0.15, 0.2) is 54.7 Å². The van der Waals surface area contributed by atoms with Gasteiger partial charge in [-0.15, -0.1) is 0 Å². The van der Waals surface area contributed by atoms with Gasteiger partial charge in [-0.1, -0.05) is 30.3 Å². The van der Waals surface area contributed by atoms with Gasteiger partial charge < -0.3 is 10.5 Å². The van der Waals surface area contributed by atoms with Crippen LogP contribution in [0.4, 0.5) is 0 Å². The smallest absolute Gasteiger partial charge is 0.244 e. The molecule has 0 radical (unpaired) electrons. The molecule has 0 spiro atoms. The second kappa shape index (κ2) is 5.76. The molecule has 0 bridgehead atoms. The summed E-state index contributed by atoms with van der Waals surface area (Å²) in [4.78, 5) is 11.7. The number of aromatic nitrogens is 2. The molecule has 0 aliphatic carbocycles. The van der Waals surface area contributed by atoms with Gasteiger partial charge in [0.1, 0.15) is 17.9 Å². The number of fused-ring (bicyclic) bond motifs is 1. The van der Waals surface area contributed by atoms with E-state index >= 15 is 0 Å². The standard InChI is InChI=1S/C18H19N3O2/c1-18(2,17(19)22)21-16-10-15(9-8-14(16)11-20-21)23-12-13-6-4-3-5-7-13/h3-11H,12H2,1-2H3,(H2,19,22). The lowest BCUT2D eigenvalue weighted by molar-refractivity contribution is -0.125. The monoisotopic (exact) mass is 309 g/mol. The quantitative estimate of drug-likeness (QED) is 0.788. The van der Waals surface area contributed by atoms with E-state index in [1.54, 1.807) is 24.7 Å². The summed E-state index contributed by atoms with van der Waals surface area (Å²) in [5.74, 6) is 0.293. The van der Waals surface area contributed by atoms with Gasteiger partial charge in [0.15, 0.2) is 0 Å². The summed E-state index contributed by atoms with van der Waals surface area (Å²) >= 11 is 0. The molecule has 2 N–H and O–H groups in total. The van der Waals surface area contributed by atoms with Gasteiger partial charge in [0.05, 0.1) is 11.7 Å². The number of rotatable bonds is 5. The topological polar surface area (TPSA) is 70.1 Å². The van der Waals surface area contributed by atoms with Crippen LogP contribution in [-0.2, 0) is 16.9 Å². The molecule has 0 fully saturated rings. The number of nitrogens with zero attached hydrogens (tertiary/aromatic N) is 2. The number of hydrogen-bond donors (Lipinski definition) is 1. The van der Waals surface area contributed by atoms with Crippen molar-refractivity contribution in [2.45, 2.75) is 26.0 Å². The number of carbonyl (C=O) groups is 1. The van der Waals surface area contributed by atoms with Crippen molar-refractivity contribution in [2.75, 3.05) is 0 Å². The van der Waals surface area contributed by atoms with Crippen molar-refractivity contribution in [1.29, 1.82) is 0 Å². The Morgan fingerprint density at radius 1 is 1.22 bits per heavy atom. The number of primary amides is 1. The number of hydrogen-bond acceptors (Lipinski definition) is 3. The fourth-order valence-corrected chi connectivity index (χ4v) is 2.38. The molecule has 3 aromatic rings.